The van der Waals surface area contributed by atoms with Gasteiger partial charge in [-0.15, -0.1) is 6.58 Å². The first-order valence-corrected chi connectivity index (χ1v) is 17.1. The Morgan fingerprint density at radius 2 is 1.89 bits per heavy atom. The second-order valence-corrected chi connectivity index (χ2v) is 14.7. The summed E-state index contributed by atoms with van der Waals surface area (Å²) in [5.41, 5.74) is 0.272. The fraction of sp³-hybridized carbons (Fsp3) is 0.581. The number of hydrogen-bond acceptors (Lipinski definition) is 9. The number of alkyl carbamates (subject to hydrolysis) is 2. The average molecular weight is 660 g/mol. The van der Waals surface area contributed by atoms with Gasteiger partial charge in [0.1, 0.15) is 23.7 Å². The third kappa shape index (κ3) is 7.45. The number of sulfonamides is 1. The lowest BCUT2D eigenvalue weighted by molar-refractivity contribution is -0.141. The molecule has 1 aromatic carbocycles. The predicted octanol–water partition coefficient (Wildman–Crippen LogP) is 1.25. The molecule has 0 spiro atoms. The van der Waals surface area contributed by atoms with Gasteiger partial charge in [-0.25, -0.2) is 18.0 Å². The van der Waals surface area contributed by atoms with Gasteiger partial charge in [0, 0.05) is 18.9 Å². The number of fused-ring (bicyclic) bond motifs is 4. The van der Waals surface area contributed by atoms with E-state index in [9.17, 15) is 32.4 Å². The van der Waals surface area contributed by atoms with E-state index in [4.69, 9.17) is 9.47 Å². The molecule has 5 amide bonds. The van der Waals surface area contributed by atoms with Gasteiger partial charge in [0.2, 0.25) is 21.8 Å². The molecule has 14 nitrogen and oxygen atoms in total. The second-order valence-electron chi connectivity index (χ2n) is 12.7. The van der Waals surface area contributed by atoms with Crippen molar-refractivity contribution in [3.8, 4) is 0 Å². The van der Waals surface area contributed by atoms with Crippen LogP contribution in [0, 0.1) is 11.8 Å². The average Bonchev–Trinajstić information content (AvgIpc) is 3.93. The Morgan fingerprint density at radius 1 is 1.15 bits per heavy atom. The minimum atomic E-state index is -3.89. The highest BCUT2D eigenvalue weighted by Crippen LogP contribution is 2.45. The van der Waals surface area contributed by atoms with E-state index in [-0.39, 0.29) is 32.5 Å². The van der Waals surface area contributed by atoms with Crippen LogP contribution in [0.5, 0.6) is 0 Å². The fourth-order valence-electron chi connectivity index (χ4n) is 5.96. The number of aryl methyl sites for hydroxylation is 1. The maximum atomic E-state index is 13.9. The van der Waals surface area contributed by atoms with Crippen molar-refractivity contribution in [2.24, 2.45) is 11.8 Å². The minimum Gasteiger partial charge on any atom is -0.450 e. The van der Waals surface area contributed by atoms with Crippen molar-refractivity contribution in [3.05, 3.63) is 48.0 Å². The van der Waals surface area contributed by atoms with E-state index in [0.29, 0.717) is 25.7 Å². The first-order chi connectivity index (χ1) is 21.8. The van der Waals surface area contributed by atoms with Crippen molar-refractivity contribution < 1.29 is 41.9 Å². The summed E-state index contributed by atoms with van der Waals surface area (Å²) in [6.07, 6.45) is 1.16. The molecule has 4 aliphatic rings. The topological polar surface area (TPSA) is 189 Å². The van der Waals surface area contributed by atoms with E-state index in [2.05, 4.69) is 27.3 Å². The Kier molecular flexibility index (Phi) is 9.61. The maximum absolute atomic E-state index is 13.9. The number of carbonyl (C=O) groups excluding carboxylic acids is 5. The highest BCUT2D eigenvalue weighted by Gasteiger charge is 2.62. The number of nitrogens with zero attached hydrogens (tertiary/aromatic N) is 1. The number of amides is 5. The first-order valence-electron chi connectivity index (χ1n) is 15.6. The van der Waals surface area contributed by atoms with Crippen LogP contribution >= 0.6 is 0 Å². The summed E-state index contributed by atoms with van der Waals surface area (Å²) < 4.78 is 38.1. The quantitative estimate of drug-likeness (QED) is 0.312. The van der Waals surface area contributed by atoms with Gasteiger partial charge in [0.05, 0.1) is 18.4 Å². The molecule has 1 aromatic rings. The first kappa shape index (κ1) is 33.2. The molecule has 0 unspecified atom stereocenters. The lowest BCUT2D eigenvalue weighted by Crippen LogP contribution is -2.59. The van der Waals surface area contributed by atoms with Crippen molar-refractivity contribution in [3.63, 3.8) is 0 Å². The highest BCUT2D eigenvalue weighted by molar-refractivity contribution is 7.91. The van der Waals surface area contributed by atoms with Crippen LogP contribution in [-0.2, 0) is 46.8 Å². The summed E-state index contributed by atoms with van der Waals surface area (Å²) in [5.74, 6) is -3.13. The normalized spacial score (nSPS) is 28.8. The molecular formula is C31H41N5O9S. The molecule has 2 heterocycles. The molecule has 0 radical (unpaired) electrons. The molecule has 4 N–H and O–H groups in total. The number of nitrogens with one attached hydrogen (secondary N) is 4. The molecule has 3 fully saturated rings. The largest absolute Gasteiger partial charge is 0.450 e. The summed E-state index contributed by atoms with van der Waals surface area (Å²) in [6, 6.07) is 5.32. The number of ether oxygens (including phenoxy) is 2. The zero-order chi connectivity index (χ0) is 33.2. The van der Waals surface area contributed by atoms with Crippen molar-refractivity contribution in [2.75, 3.05) is 13.2 Å². The SMILES string of the molecule is C=C[C@@H]1C[C@]1(NC(=O)[C@@H]1C[C@@H]2CN1C(=O)[C@H](C(C)C)NC(=O)OCCCc1cccc(c1)CNC(=O)O2)C(=O)NS(=O)(=O)C1CC1. The van der Waals surface area contributed by atoms with Crippen LogP contribution in [0.2, 0.25) is 0 Å². The molecule has 250 valence electrons. The van der Waals surface area contributed by atoms with Crippen molar-refractivity contribution in [1.29, 1.82) is 0 Å². The van der Waals surface area contributed by atoms with Crippen LogP contribution in [0.15, 0.2) is 36.9 Å². The molecule has 2 saturated carbocycles. The molecule has 5 atom stereocenters. The lowest BCUT2D eigenvalue weighted by Gasteiger charge is -2.31. The monoisotopic (exact) mass is 659 g/mol. The van der Waals surface area contributed by atoms with Crippen LogP contribution in [0.4, 0.5) is 9.59 Å². The Bertz CT molecular complexity index is 1510. The van der Waals surface area contributed by atoms with Gasteiger partial charge in [0.25, 0.3) is 5.91 Å². The number of benzene rings is 1. The molecule has 15 heteroatoms. The zero-order valence-electron chi connectivity index (χ0n) is 26.0. The number of carbonyl (C=O) groups is 5. The van der Waals surface area contributed by atoms with Crippen LogP contribution in [0.3, 0.4) is 0 Å². The molecule has 0 aromatic heterocycles. The number of cyclic esters (lactones) is 1. The highest BCUT2D eigenvalue weighted by atomic mass is 32.2. The molecule has 2 aliphatic heterocycles. The molecule has 5 rings (SSSR count). The molecule has 1 saturated heterocycles. The van der Waals surface area contributed by atoms with Crippen LogP contribution in [0.25, 0.3) is 0 Å². The number of hydrogen-bond donors (Lipinski definition) is 4. The molecule has 4 bridgehead atoms. The summed E-state index contributed by atoms with van der Waals surface area (Å²) in [6.45, 7) is 7.31. The van der Waals surface area contributed by atoms with Crippen molar-refractivity contribution in [1.82, 2.24) is 25.6 Å². The Labute approximate surface area is 268 Å². The molecule has 46 heavy (non-hydrogen) atoms. The third-order valence-electron chi connectivity index (χ3n) is 8.85. The zero-order valence-corrected chi connectivity index (χ0v) is 26.8. The fourth-order valence-corrected chi connectivity index (χ4v) is 7.32. The summed E-state index contributed by atoms with van der Waals surface area (Å²) >= 11 is 0. The van der Waals surface area contributed by atoms with Gasteiger partial charge in [-0.05, 0) is 49.1 Å². The predicted molar refractivity (Wildman–Crippen MR) is 164 cm³/mol. The van der Waals surface area contributed by atoms with Gasteiger partial charge in [-0.2, -0.15) is 0 Å². The Morgan fingerprint density at radius 3 is 2.57 bits per heavy atom. The van der Waals surface area contributed by atoms with E-state index in [1.165, 1.54) is 11.0 Å². The molecule has 2 aliphatic carbocycles. The lowest BCUT2D eigenvalue weighted by atomic mass is 10.0. The van der Waals surface area contributed by atoms with Gasteiger partial charge in [0.15, 0.2) is 0 Å². The van der Waals surface area contributed by atoms with E-state index >= 15 is 0 Å². The van der Waals surface area contributed by atoms with Crippen molar-refractivity contribution in [2.45, 2.75) is 87.9 Å². The molecular weight excluding hydrogens is 618 g/mol. The van der Waals surface area contributed by atoms with Crippen molar-refractivity contribution >= 4 is 39.9 Å². The van der Waals surface area contributed by atoms with Gasteiger partial charge >= 0.3 is 12.2 Å². The van der Waals surface area contributed by atoms with Gasteiger partial charge in [-0.3, -0.25) is 19.1 Å². The van der Waals surface area contributed by atoms with E-state index in [0.717, 1.165) is 11.1 Å². The Balaban J connectivity index is 1.37. The van der Waals surface area contributed by atoms with Crippen LogP contribution in [-0.4, -0.2) is 85.4 Å². The summed E-state index contributed by atoms with van der Waals surface area (Å²) in [7, 11) is -3.89. The second kappa shape index (κ2) is 13.3. The number of rotatable bonds is 7. The third-order valence-corrected chi connectivity index (χ3v) is 10.7. The minimum absolute atomic E-state index is 0.0907. The van der Waals surface area contributed by atoms with E-state index in [1.54, 1.807) is 13.8 Å². The summed E-state index contributed by atoms with van der Waals surface area (Å²) in [4.78, 5) is 67.8. The van der Waals surface area contributed by atoms with Gasteiger partial charge in [-0.1, -0.05) is 44.2 Å². The van der Waals surface area contributed by atoms with E-state index in [1.807, 2.05) is 24.3 Å². The van der Waals surface area contributed by atoms with E-state index < -0.39 is 80.7 Å². The van der Waals surface area contributed by atoms with Crippen LogP contribution in [0.1, 0.15) is 57.1 Å². The standard InChI is InChI=1S/C31H41N5O9S/c1-4-21-15-31(21,28(39)35-46(42,43)23-10-11-23)34-26(37)24-14-22-17-36(24)27(38)25(18(2)3)33-30(41)44-12-6-9-19-7-5-8-20(13-19)16-32-29(40)45-22/h4-5,7-8,13,18,21-25H,1,6,9-12,14-17H2,2-3H3,(H,32,40)(H,33,41)(H,34,37)(H,35,39)/t21-,22-,24+,25+,31-/m1/s1. The maximum Gasteiger partial charge on any atom is 0.407 e. The smallest absolute Gasteiger partial charge is 0.407 e. The van der Waals surface area contributed by atoms with Crippen LogP contribution < -0.4 is 20.7 Å². The van der Waals surface area contributed by atoms with Gasteiger partial charge < -0.3 is 30.3 Å². The summed E-state index contributed by atoms with van der Waals surface area (Å²) in [5, 5.41) is 7.37. The Hall–Kier alpha value is -4.14.